The van der Waals surface area contributed by atoms with Gasteiger partial charge in [0.2, 0.25) is 0 Å². The van der Waals surface area contributed by atoms with Crippen molar-refractivity contribution >= 4 is 60.8 Å². The van der Waals surface area contributed by atoms with Crippen molar-refractivity contribution < 1.29 is 0 Å². The number of rotatable bonds is 3. The first-order valence-electron chi connectivity index (χ1n) is 6.88. The Morgan fingerprint density at radius 3 is 2.83 bits per heavy atom. The number of hydrogen-bond acceptors (Lipinski definition) is 5. The van der Waals surface area contributed by atoms with Gasteiger partial charge in [0.15, 0.2) is 0 Å². The lowest BCUT2D eigenvalue weighted by Crippen LogP contribution is -2.01. The standard InChI is InChI=1S/C16H10Cl2N4S/c17-11-4-3-9(6-12(11)18)7-20-15-14-13(21-8-22-15)10-2-1-5-19-16(10)23-14/h1-6,8H,7H2,(H,20,21,22). The normalized spacial score (nSPS) is 11.2. The zero-order chi connectivity index (χ0) is 15.8. The van der Waals surface area contributed by atoms with Crippen molar-refractivity contribution in [3.05, 3.63) is 58.5 Å². The monoisotopic (exact) mass is 360 g/mol. The Labute approximate surface area is 146 Å². The van der Waals surface area contributed by atoms with E-state index in [2.05, 4.69) is 20.3 Å². The molecule has 0 saturated carbocycles. The molecular weight excluding hydrogens is 351 g/mol. The molecule has 0 bridgehead atoms. The number of benzene rings is 1. The van der Waals surface area contributed by atoms with Crippen LogP contribution in [0, 0.1) is 0 Å². The lowest BCUT2D eigenvalue weighted by molar-refractivity contribution is 1.11. The molecule has 0 saturated heterocycles. The third-order valence-corrected chi connectivity index (χ3v) is 5.32. The largest absolute Gasteiger partial charge is 0.365 e. The number of halogens is 2. The summed E-state index contributed by atoms with van der Waals surface area (Å²) in [4.78, 5) is 14.1. The highest BCUT2D eigenvalue weighted by Gasteiger charge is 2.11. The summed E-state index contributed by atoms with van der Waals surface area (Å²) in [7, 11) is 0. The molecule has 1 N–H and O–H groups in total. The van der Waals surface area contributed by atoms with Crippen molar-refractivity contribution in [3.8, 4) is 0 Å². The van der Waals surface area contributed by atoms with E-state index in [0.29, 0.717) is 16.6 Å². The van der Waals surface area contributed by atoms with E-state index in [0.717, 1.165) is 31.8 Å². The van der Waals surface area contributed by atoms with E-state index in [-0.39, 0.29) is 0 Å². The second kappa shape index (κ2) is 5.92. The van der Waals surface area contributed by atoms with Crippen molar-refractivity contribution in [2.75, 3.05) is 5.32 Å². The molecule has 0 unspecified atom stereocenters. The van der Waals surface area contributed by atoms with Gasteiger partial charge < -0.3 is 5.32 Å². The van der Waals surface area contributed by atoms with Crippen molar-refractivity contribution in [1.29, 1.82) is 0 Å². The molecule has 23 heavy (non-hydrogen) atoms. The lowest BCUT2D eigenvalue weighted by Gasteiger charge is -2.07. The molecule has 4 nitrogen and oxygen atoms in total. The van der Waals surface area contributed by atoms with Gasteiger partial charge in [-0.2, -0.15) is 0 Å². The van der Waals surface area contributed by atoms with Gasteiger partial charge in [-0.1, -0.05) is 29.3 Å². The maximum atomic E-state index is 6.05. The summed E-state index contributed by atoms with van der Waals surface area (Å²) in [6, 6.07) is 9.52. The minimum Gasteiger partial charge on any atom is -0.365 e. The van der Waals surface area contributed by atoms with Crippen LogP contribution in [-0.2, 0) is 6.54 Å². The Bertz CT molecular complexity index is 1020. The number of hydrogen-bond donors (Lipinski definition) is 1. The highest BCUT2D eigenvalue weighted by molar-refractivity contribution is 7.25. The molecule has 0 atom stereocenters. The van der Waals surface area contributed by atoms with Gasteiger partial charge in [0.1, 0.15) is 17.0 Å². The summed E-state index contributed by atoms with van der Waals surface area (Å²) in [5.41, 5.74) is 1.95. The number of thiophene rings is 1. The second-order valence-electron chi connectivity index (χ2n) is 4.96. The van der Waals surface area contributed by atoms with Gasteiger partial charge in [-0.25, -0.2) is 15.0 Å². The fourth-order valence-electron chi connectivity index (χ4n) is 2.37. The molecule has 7 heteroatoms. The SMILES string of the molecule is Clc1ccc(CNc2ncnc3c2sc2ncccc23)cc1Cl. The summed E-state index contributed by atoms with van der Waals surface area (Å²) < 4.78 is 1.00. The van der Waals surface area contributed by atoms with Crippen LogP contribution in [0.5, 0.6) is 0 Å². The molecule has 0 aliphatic rings. The van der Waals surface area contributed by atoms with Crippen LogP contribution in [0.3, 0.4) is 0 Å². The van der Waals surface area contributed by atoms with Crippen molar-refractivity contribution in [1.82, 2.24) is 15.0 Å². The maximum Gasteiger partial charge on any atom is 0.147 e. The Morgan fingerprint density at radius 2 is 1.96 bits per heavy atom. The van der Waals surface area contributed by atoms with Crippen LogP contribution in [0.25, 0.3) is 20.4 Å². The van der Waals surface area contributed by atoms with Gasteiger partial charge in [0.25, 0.3) is 0 Å². The smallest absolute Gasteiger partial charge is 0.147 e. The molecule has 0 radical (unpaired) electrons. The number of fused-ring (bicyclic) bond motifs is 3. The molecule has 4 rings (SSSR count). The average molecular weight is 361 g/mol. The number of anilines is 1. The minimum atomic E-state index is 0.546. The van der Waals surface area contributed by atoms with E-state index in [1.165, 1.54) is 0 Å². The zero-order valence-electron chi connectivity index (χ0n) is 11.8. The Kier molecular flexibility index (Phi) is 3.77. The van der Waals surface area contributed by atoms with Crippen LogP contribution in [-0.4, -0.2) is 15.0 Å². The topological polar surface area (TPSA) is 50.7 Å². The number of aromatic nitrogens is 3. The predicted molar refractivity (Wildman–Crippen MR) is 96.5 cm³/mol. The fraction of sp³-hybridized carbons (Fsp3) is 0.0625. The molecular formula is C16H10Cl2N4S. The van der Waals surface area contributed by atoms with Crippen molar-refractivity contribution in [2.45, 2.75) is 6.54 Å². The van der Waals surface area contributed by atoms with Crippen LogP contribution in [0.1, 0.15) is 5.56 Å². The Hall–Kier alpha value is -1.95. The molecule has 1 aromatic carbocycles. The van der Waals surface area contributed by atoms with E-state index in [1.807, 2.05) is 24.3 Å². The summed E-state index contributed by atoms with van der Waals surface area (Å²) in [5.74, 6) is 0.795. The number of nitrogens with zero attached hydrogens (tertiary/aromatic N) is 3. The van der Waals surface area contributed by atoms with E-state index >= 15 is 0 Å². The van der Waals surface area contributed by atoms with Gasteiger partial charge in [-0.3, -0.25) is 0 Å². The van der Waals surface area contributed by atoms with Crippen LogP contribution in [0.2, 0.25) is 10.0 Å². The van der Waals surface area contributed by atoms with E-state index < -0.39 is 0 Å². The molecule has 0 aliphatic carbocycles. The minimum absolute atomic E-state index is 0.546. The van der Waals surface area contributed by atoms with Crippen LogP contribution < -0.4 is 5.32 Å². The van der Waals surface area contributed by atoms with Crippen molar-refractivity contribution in [3.63, 3.8) is 0 Å². The fourth-order valence-corrected chi connectivity index (χ4v) is 3.76. The van der Waals surface area contributed by atoms with Gasteiger partial charge in [-0.05, 0) is 29.8 Å². The average Bonchev–Trinajstić information content (AvgIpc) is 2.95. The zero-order valence-corrected chi connectivity index (χ0v) is 14.1. The summed E-state index contributed by atoms with van der Waals surface area (Å²) in [5, 5.41) is 5.49. The number of pyridine rings is 1. The second-order valence-corrected chi connectivity index (χ2v) is 6.77. The predicted octanol–water partition coefficient (Wildman–Crippen LogP) is 5.16. The summed E-state index contributed by atoms with van der Waals surface area (Å²) >= 11 is 13.6. The molecule has 0 amide bonds. The highest BCUT2D eigenvalue weighted by atomic mass is 35.5. The van der Waals surface area contributed by atoms with Gasteiger partial charge in [0.05, 0.1) is 20.3 Å². The summed E-state index contributed by atoms with van der Waals surface area (Å²) in [6.45, 7) is 0.602. The molecule has 0 spiro atoms. The summed E-state index contributed by atoms with van der Waals surface area (Å²) in [6.07, 6.45) is 3.35. The van der Waals surface area contributed by atoms with E-state index in [1.54, 1.807) is 29.9 Å². The molecule has 0 aliphatic heterocycles. The first-order chi connectivity index (χ1) is 11.2. The third kappa shape index (κ3) is 2.72. The Balaban J connectivity index is 1.70. The molecule has 3 aromatic heterocycles. The Morgan fingerprint density at radius 1 is 1.04 bits per heavy atom. The van der Waals surface area contributed by atoms with Crippen LogP contribution in [0.4, 0.5) is 5.82 Å². The van der Waals surface area contributed by atoms with E-state index in [4.69, 9.17) is 23.2 Å². The van der Waals surface area contributed by atoms with Crippen LogP contribution >= 0.6 is 34.5 Å². The van der Waals surface area contributed by atoms with Gasteiger partial charge >= 0.3 is 0 Å². The molecule has 0 fully saturated rings. The van der Waals surface area contributed by atoms with E-state index in [9.17, 15) is 0 Å². The molecule has 114 valence electrons. The quantitative estimate of drug-likeness (QED) is 0.548. The number of nitrogens with one attached hydrogen (secondary N) is 1. The first kappa shape index (κ1) is 14.6. The van der Waals surface area contributed by atoms with Crippen molar-refractivity contribution in [2.24, 2.45) is 0 Å². The molecule has 4 aromatic rings. The van der Waals surface area contributed by atoms with Gasteiger partial charge in [0, 0.05) is 18.1 Å². The van der Waals surface area contributed by atoms with Crippen LogP contribution in [0.15, 0.2) is 42.9 Å². The highest BCUT2D eigenvalue weighted by Crippen LogP contribution is 2.34. The maximum absolute atomic E-state index is 6.05. The third-order valence-electron chi connectivity index (χ3n) is 3.47. The lowest BCUT2D eigenvalue weighted by atomic mass is 10.2. The van der Waals surface area contributed by atoms with Gasteiger partial charge in [-0.15, -0.1) is 11.3 Å². The molecule has 3 heterocycles. The first-order valence-corrected chi connectivity index (χ1v) is 8.45.